The van der Waals surface area contributed by atoms with Gasteiger partial charge in [-0.1, -0.05) is 24.3 Å². The van der Waals surface area contributed by atoms with E-state index in [9.17, 15) is 8.42 Å². The quantitative estimate of drug-likeness (QED) is 0.510. The van der Waals surface area contributed by atoms with E-state index in [1.54, 1.807) is 60.9 Å². The molecule has 144 valence electrons. The highest BCUT2D eigenvalue weighted by Gasteiger charge is 2.20. The number of nitrogens with zero attached hydrogens (tertiary/aromatic N) is 2. The molecule has 3 rings (SSSR count). The maximum Gasteiger partial charge on any atom is 0.206 e. The summed E-state index contributed by atoms with van der Waals surface area (Å²) in [5, 5.41) is 2.97. The number of aromatic nitrogens is 1. The average molecular weight is 395 g/mol. The van der Waals surface area contributed by atoms with Gasteiger partial charge in [0.2, 0.25) is 9.84 Å². The molecular weight excluding hydrogens is 372 g/mol. The predicted octanol–water partition coefficient (Wildman–Crippen LogP) is 3.46. The highest BCUT2D eigenvalue weighted by molar-refractivity contribution is 7.91. The van der Waals surface area contributed by atoms with Crippen LogP contribution in [0.2, 0.25) is 0 Å². The topological polar surface area (TPSA) is 97.4 Å². The van der Waals surface area contributed by atoms with Gasteiger partial charge < -0.3 is 11.1 Å². The third-order valence-corrected chi connectivity index (χ3v) is 6.38. The molecule has 1 heterocycles. The molecule has 0 atom stereocenters. The molecule has 0 unspecified atom stereocenters. The summed E-state index contributed by atoms with van der Waals surface area (Å²) in [4.78, 5) is 8.81. The van der Waals surface area contributed by atoms with E-state index in [4.69, 9.17) is 5.73 Å². The Labute approximate surface area is 165 Å². The summed E-state index contributed by atoms with van der Waals surface area (Å²) in [6.45, 7) is 4.07. The van der Waals surface area contributed by atoms with Crippen LogP contribution in [0.15, 0.2) is 81.8 Å². The Morgan fingerprint density at radius 3 is 2.39 bits per heavy atom. The second-order valence-corrected chi connectivity index (χ2v) is 8.33. The van der Waals surface area contributed by atoms with Crippen LogP contribution >= 0.6 is 0 Å². The van der Waals surface area contributed by atoms with Gasteiger partial charge in [0, 0.05) is 18.1 Å². The van der Waals surface area contributed by atoms with Crippen molar-refractivity contribution < 1.29 is 8.42 Å². The van der Waals surface area contributed by atoms with Gasteiger partial charge in [0.1, 0.15) is 0 Å². The van der Waals surface area contributed by atoms with E-state index in [0.29, 0.717) is 11.4 Å². The van der Waals surface area contributed by atoms with Gasteiger partial charge in [0.25, 0.3) is 0 Å². The van der Waals surface area contributed by atoms with Gasteiger partial charge in [0.05, 0.1) is 16.3 Å². The summed E-state index contributed by atoms with van der Waals surface area (Å²) >= 11 is 0. The number of rotatable bonds is 5. The Morgan fingerprint density at radius 1 is 1.04 bits per heavy atom. The van der Waals surface area contributed by atoms with Crippen molar-refractivity contribution in [3.63, 3.8) is 0 Å². The van der Waals surface area contributed by atoms with Gasteiger partial charge in [-0.2, -0.15) is 0 Å². The van der Waals surface area contributed by atoms with Gasteiger partial charge in [0.15, 0.2) is 5.96 Å². The molecule has 0 saturated heterocycles. The standard InChI is InChI=1S/C21H22N4O2S/c1-15-4-3-5-20(16(15)2)28(26,27)19-8-6-17(7-9-19)14-24-21(22)25-18-10-12-23-13-11-18/h3-13H,14H2,1-2H3,(H3,22,23,24,25). The fourth-order valence-corrected chi connectivity index (χ4v) is 4.29. The second-order valence-electron chi connectivity index (χ2n) is 6.41. The first-order valence-electron chi connectivity index (χ1n) is 8.75. The number of hydrogen-bond donors (Lipinski definition) is 2. The molecular formula is C21H22N4O2S. The minimum Gasteiger partial charge on any atom is -0.370 e. The van der Waals surface area contributed by atoms with E-state index in [0.717, 1.165) is 22.4 Å². The number of hydrogen-bond acceptors (Lipinski definition) is 4. The van der Waals surface area contributed by atoms with Crippen molar-refractivity contribution in [2.45, 2.75) is 30.2 Å². The number of aryl methyl sites for hydroxylation is 1. The fourth-order valence-electron chi connectivity index (χ4n) is 2.72. The van der Waals surface area contributed by atoms with E-state index >= 15 is 0 Å². The SMILES string of the molecule is Cc1cccc(S(=O)(=O)c2ccc(CN=C(N)Nc3ccncc3)cc2)c1C. The maximum atomic E-state index is 12.9. The van der Waals surface area contributed by atoms with Crippen LogP contribution in [0.4, 0.5) is 5.69 Å². The highest BCUT2D eigenvalue weighted by Crippen LogP contribution is 2.25. The van der Waals surface area contributed by atoms with Crippen LogP contribution in [0.5, 0.6) is 0 Å². The Hall–Kier alpha value is -3.19. The second kappa shape index (κ2) is 8.22. The first kappa shape index (κ1) is 19.6. The largest absolute Gasteiger partial charge is 0.370 e. The van der Waals surface area contributed by atoms with Crippen molar-refractivity contribution in [1.29, 1.82) is 0 Å². The zero-order chi connectivity index (χ0) is 20.1. The molecule has 1 aromatic heterocycles. The summed E-state index contributed by atoms with van der Waals surface area (Å²) in [7, 11) is -3.56. The third kappa shape index (κ3) is 4.37. The maximum absolute atomic E-state index is 12.9. The lowest BCUT2D eigenvalue weighted by atomic mass is 10.1. The van der Waals surface area contributed by atoms with Crippen LogP contribution in [0.3, 0.4) is 0 Å². The van der Waals surface area contributed by atoms with Crippen molar-refractivity contribution in [2.75, 3.05) is 5.32 Å². The fraction of sp³-hybridized carbons (Fsp3) is 0.143. The smallest absolute Gasteiger partial charge is 0.206 e. The molecule has 0 bridgehead atoms. The molecule has 0 aliphatic heterocycles. The Bertz CT molecular complexity index is 1090. The molecule has 28 heavy (non-hydrogen) atoms. The molecule has 0 aliphatic carbocycles. The predicted molar refractivity (Wildman–Crippen MR) is 111 cm³/mol. The molecule has 0 spiro atoms. The van der Waals surface area contributed by atoms with E-state index in [1.807, 2.05) is 19.9 Å². The van der Waals surface area contributed by atoms with Gasteiger partial charge in [-0.05, 0) is 60.9 Å². The number of benzene rings is 2. The van der Waals surface area contributed by atoms with Crippen molar-refractivity contribution >= 4 is 21.5 Å². The zero-order valence-corrected chi connectivity index (χ0v) is 16.6. The lowest BCUT2D eigenvalue weighted by Gasteiger charge is -2.10. The van der Waals surface area contributed by atoms with Crippen LogP contribution in [-0.2, 0) is 16.4 Å². The number of guanidine groups is 1. The molecule has 2 aromatic carbocycles. The Kier molecular flexibility index (Phi) is 5.75. The number of nitrogens with two attached hydrogens (primary N) is 1. The zero-order valence-electron chi connectivity index (χ0n) is 15.8. The lowest BCUT2D eigenvalue weighted by molar-refractivity contribution is 0.595. The van der Waals surface area contributed by atoms with Crippen LogP contribution in [0.1, 0.15) is 16.7 Å². The average Bonchev–Trinajstić information content (AvgIpc) is 2.69. The molecule has 0 amide bonds. The minimum absolute atomic E-state index is 0.261. The molecule has 3 aromatic rings. The number of sulfone groups is 1. The van der Waals surface area contributed by atoms with Crippen molar-refractivity contribution in [2.24, 2.45) is 10.7 Å². The first-order valence-corrected chi connectivity index (χ1v) is 10.2. The van der Waals surface area contributed by atoms with Crippen LogP contribution in [0, 0.1) is 13.8 Å². The van der Waals surface area contributed by atoms with Gasteiger partial charge in [-0.25, -0.2) is 13.4 Å². The van der Waals surface area contributed by atoms with Gasteiger partial charge in [-0.3, -0.25) is 4.98 Å². The summed E-state index contributed by atoms with van der Waals surface area (Å²) in [5.74, 6) is 0.276. The number of pyridine rings is 1. The monoisotopic (exact) mass is 394 g/mol. The van der Waals surface area contributed by atoms with Crippen LogP contribution in [-0.4, -0.2) is 19.4 Å². The third-order valence-electron chi connectivity index (χ3n) is 4.46. The van der Waals surface area contributed by atoms with Crippen molar-refractivity contribution in [1.82, 2.24) is 4.98 Å². The van der Waals surface area contributed by atoms with Crippen molar-refractivity contribution in [3.05, 3.63) is 83.7 Å². The van der Waals surface area contributed by atoms with Crippen LogP contribution < -0.4 is 11.1 Å². The highest BCUT2D eigenvalue weighted by atomic mass is 32.2. The van der Waals surface area contributed by atoms with E-state index in [-0.39, 0.29) is 10.9 Å². The van der Waals surface area contributed by atoms with E-state index in [1.165, 1.54) is 0 Å². The van der Waals surface area contributed by atoms with E-state index in [2.05, 4.69) is 15.3 Å². The van der Waals surface area contributed by atoms with Gasteiger partial charge >= 0.3 is 0 Å². The summed E-state index contributed by atoms with van der Waals surface area (Å²) in [5.41, 5.74) is 9.26. The molecule has 6 nitrogen and oxygen atoms in total. The summed E-state index contributed by atoms with van der Waals surface area (Å²) in [6, 6.07) is 15.6. The molecule has 0 aliphatic rings. The normalized spacial score (nSPS) is 12.0. The summed E-state index contributed by atoms with van der Waals surface area (Å²) < 4.78 is 25.8. The Morgan fingerprint density at radius 2 is 1.71 bits per heavy atom. The minimum atomic E-state index is -3.56. The lowest BCUT2D eigenvalue weighted by Crippen LogP contribution is -2.22. The van der Waals surface area contributed by atoms with E-state index < -0.39 is 9.84 Å². The molecule has 0 fully saturated rings. The molecule has 3 N–H and O–H groups in total. The number of anilines is 1. The Balaban J connectivity index is 1.74. The van der Waals surface area contributed by atoms with Crippen LogP contribution in [0.25, 0.3) is 0 Å². The van der Waals surface area contributed by atoms with Gasteiger partial charge in [-0.15, -0.1) is 0 Å². The molecule has 0 saturated carbocycles. The van der Waals surface area contributed by atoms with Crippen molar-refractivity contribution in [3.8, 4) is 0 Å². The summed E-state index contributed by atoms with van der Waals surface area (Å²) in [6.07, 6.45) is 3.31. The number of nitrogens with one attached hydrogen (secondary N) is 1. The first-order chi connectivity index (χ1) is 13.4. The molecule has 0 radical (unpaired) electrons. The molecule has 7 heteroatoms. The number of aliphatic imine (C=N–C) groups is 1.